The summed E-state index contributed by atoms with van der Waals surface area (Å²) in [5.74, 6) is -0.447. The summed E-state index contributed by atoms with van der Waals surface area (Å²) in [7, 11) is 0. The molecule has 0 aliphatic rings. The van der Waals surface area contributed by atoms with Gasteiger partial charge in [-0.1, -0.05) is 118 Å². The van der Waals surface area contributed by atoms with Gasteiger partial charge in [-0.3, -0.25) is 4.79 Å². The van der Waals surface area contributed by atoms with Gasteiger partial charge in [0.1, 0.15) is 0 Å². The second kappa shape index (κ2) is 20.7. The highest BCUT2D eigenvalue weighted by Gasteiger charge is 2.51. The molecular weight excluding hydrogens is 416 g/mol. The molecule has 0 aromatic carbocycles. The molecule has 5 heteroatoms. The van der Waals surface area contributed by atoms with Crippen molar-refractivity contribution >= 4 is 5.97 Å². The van der Waals surface area contributed by atoms with Crippen molar-refractivity contribution in [3.63, 3.8) is 0 Å². The molecule has 0 aliphatic heterocycles. The molecule has 0 heterocycles. The molecule has 0 saturated carbocycles. The monoisotopic (exact) mass is 472 g/mol. The Labute approximate surface area is 204 Å². The van der Waals surface area contributed by atoms with Gasteiger partial charge in [-0.05, 0) is 25.7 Å². The van der Waals surface area contributed by atoms with E-state index < -0.39 is 29.9 Å². The molecule has 0 aliphatic carbocycles. The molecule has 0 bridgehead atoms. The molecule has 0 rings (SSSR count). The Morgan fingerprint density at radius 2 is 0.879 bits per heavy atom. The number of carbonyl (C=O) groups is 1. The first kappa shape index (κ1) is 32.4. The molecule has 0 spiro atoms. The molecule has 3 atom stereocenters. The van der Waals surface area contributed by atoms with E-state index in [0.29, 0.717) is 19.3 Å². The van der Waals surface area contributed by atoms with E-state index in [1.165, 1.54) is 77.0 Å². The summed E-state index contributed by atoms with van der Waals surface area (Å²) < 4.78 is 5.63. The van der Waals surface area contributed by atoms with Crippen LogP contribution in [0.15, 0.2) is 0 Å². The summed E-state index contributed by atoms with van der Waals surface area (Å²) in [6.45, 7) is 7.53. The van der Waals surface area contributed by atoms with Crippen molar-refractivity contribution in [3.05, 3.63) is 0 Å². The van der Waals surface area contributed by atoms with E-state index in [2.05, 4.69) is 6.92 Å². The molecule has 198 valence electrons. The average molecular weight is 473 g/mol. The van der Waals surface area contributed by atoms with Gasteiger partial charge in [0, 0.05) is 6.42 Å². The van der Waals surface area contributed by atoms with Crippen molar-refractivity contribution in [3.8, 4) is 0 Å². The van der Waals surface area contributed by atoms with E-state index in [1.54, 1.807) is 20.8 Å². The number of aliphatic hydroxyl groups is 3. The van der Waals surface area contributed by atoms with E-state index in [1.807, 2.05) is 0 Å². The number of aliphatic hydroxyl groups excluding tert-OH is 3. The number of esters is 1. The maximum atomic E-state index is 12.5. The van der Waals surface area contributed by atoms with Crippen LogP contribution in [-0.4, -0.2) is 45.2 Å². The summed E-state index contributed by atoms with van der Waals surface area (Å²) in [6.07, 6.45) is 16.8. The van der Waals surface area contributed by atoms with Crippen LogP contribution in [0.5, 0.6) is 0 Å². The molecule has 0 radical (unpaired) electrons. The second-order valence-corrected chi connectivity index (χ2v) is 9.80. The SMILES string of the molecule is CCCCCCCCCCCCCCCCCC(=O)OC(C(O)CC)(C(O)CC)C(O)CC. The lowest BCUT2D eigenvalue weighted by Gasteiger charge is -2.43. The number of hydrogen-bond donors (Lipinski definition) is 3. The zero-order valence-corrected chi connectivity index (χ0v) is 22.3. The average Bonchev–Trinajstić information content (AvgIpc) is 2.83. The Bertz CT molecular complexity index is 427. The van der Waals surface area contributed by atoms with Gasteiger partial charge in [0.2, 0.25) is 0 Å². The minimum atomic E-state index is -1.65. The van der Waals surface area contributed by atoms with Crippen LogP contribution in [0, 0.1) is 0 Å². The van der Waals surface area contributed by atoms with E-state index >= 15 is 0 Å². The maximum Gasteiger partial charge on any atom is 0.306 e. The molecule has 5 nitrogen and oxygen atoms in total. The van der Waals surface area contributed by atoms with E-state index in [4.69, 9.17) is 4.74 Å². The van der Waals surface area contributed by atoms with Crippen molar-refractivity contribution in [2.24, 2.45) is 0 Å². The fourth-order valence-electron chi connectivity index (χ4n) is 4.72. The molecule has 0 amide bonds. The Kier molecular flexibility index (Phi) is 20.3. The van der Waals surface area contributed by atoms with Crippen molar-refractivity contribution in [2.45, 2.75) is 174 Å². The normalized spacial score (nSPS) is 16.2. The lowest BCUT2D eigenvalue weighted by atomic mass is 9.80. The summed E-state index contributed by atoms with van der Waals surface area (Å²) in [4.78, 5) is 12.5. The van der Waals surface area contributed by atoms with E-state index in [9.17, 15) is 20.1 Å². The first-order valence-corrected chi connectivity index (χ1v) is 14.2. The van der Waals surface area contributed by atoms with Crippen LogP contribution in [-0.2, 0) is 9.53 Å². The summed E-state index contributed by atoms with van der Waals surface area (Å²) >= 11 is 0. The summed E-state index contributed by atoms with van der Waals surface area (Å²) in [6, 6.07) is 0. The smallest absolute Gasteiger partial charge is 0.306 e. The van der Waals surface area contributed by atoms with E-state index in [-0.39, 0.29) is 6.42 Å². The van der Waals surface area contributed by atoms with Gasteiger partial charge in [-0.25, -0.2) is 0 Å². The quantitative estimate of drug-likeness (QED) is 0.112. The second-order valence-electron chi connectivity index (χ2n) is 9.80. The highest BCUT2D eigenvalue weighted by molar-refractivity contribution is 5.70. The van der Waals surface area contributed by atoms with Gasteiger partial charge < -0.3 is 20.1 Å². The fraction of sp³-hybridized carbons (Fsp3) is 0.964. The lowest BCUT2D eigenvalue weighted by Crippen LogP contribution is -2.62. The number of carbonyl (C=O) groups excluding carboxylic acids is 1. The first-order valence-electron chi connectivity index (χ1n) is 14.2. The summed E-state index contributed by atoms with van der Waals surface area (Å²) in [5.41, 5.74) is -1.65. The standard InChI is InChI=1S/C28H56O5/c1-5-9-10-11-12-13-14-15-16-17-18-19-20-21-22-23-27(32)33-28(24(29)6-2,25(30)7-3)26(31)8-4/h24-26,29-31H,5-23H2,1-4H3. The minimum absolute atomic E-state index is 0.253. The van der Waals surface area contributed by atoms with Gasteiger partial charge in [0.25, 0.3) is 0 Å². The van der Waals surface area contributed by atoms with Crippen LogP contribution < -0.4 is 0 Å². The fourth-order valence-corrected chi connectivity index (χ4v) is 4.72. The molecule has 0 aromatic rings. The highest BCUT2D eigenvalue weighted by Crippen LogP contribution is 2.32. The third-order valence-corrected chi connectivity index (χ3v) is 7.00. The van der Waals surface area contributed by atoms with E-state index in [0.717, 1.165) is 19.3 Å². The van der Waals surface area contributed by atoms with Crippen LogP contribution in [0.1, 0.15) is 150 Å². The zero-order chi connectivity index (χ0) is 25.0. The van der Waals surface area contributed by atoms with Gasteiger partial charge in [0.15, 0.2) is 5.60 Å². The van der Waals surface area contributed by atoms with Crippen LogP contribution in [0.3, 0.4) is 0 Å². The molecule has 3 N–H and O–H groups in total. The Balaban J connectivity index is 4.01. The molecule has 0 saturated heterocycles. The molecule has 33 heavy (non-hydrogen) atoms. The van der Waals surface area contributed by atoms with Gasteiger partial charge in [-0.15, -0.1) is 0 Å². The van der Waals surface area contributed by atoms with Crippen LogP contribution in [0.25, 0.3) is 0 Å². The predicted molar refractivity (Wildman–Crippen MR) is 137 cm³/mol. The number of hydrogen-bond acceptors (Lipinski definition) is 5. The van der Waals surface area contributed by atoms with Crippen LogP contribution >= 0.6 is 0 Å². The van der Waals surface area contributed by atoms with Crippen LogP contribution in [0.2, 0.25) is 0 Å². The topological polar surface area (TPSA) is 87.0 Å². The zero-order valence-electron chi connectivity index (χ0n) is 22.3. The predicted octanol–water partition coefficient (Wildman–Crippen LogP) is 6.84. The summed E-state index contributed by atoms with van der Waals surface area (Å²) in [5, 5.41) is 31.6. The number of unbranched alkanes of at least 4 members (excludes halogenated alkanes) is 14. The Hall–Kier alpha value is -0.650. The largest absolute Gasteiger partial charge is 0.451 e. The van der Waals surface area contributed by atoms with Crippen molar-refractivity contribution in [1.29, 1.82) is 0 Å². The number of rotatable bonds is 23. The number of ether oxygens (including phenoxy) is 1. The van der Waals surface area contributed by atoms with Gasteiger partial charge >= 0.3 is 5.97 Å². The molecule has 0 fully saturated rings. The van der Waals surface area contributed by atoms with Crippen molar-refractivity contribution in [2.75, 3.05) is 0 Å². The van der Waals surface area contributed by atoms with Crippen molar-refractivity contribution < 1.29 is 24.9 Å². The molecular formula is C28H56O5. The molecule has 3 unspecified atom stereocenters. The van der Waals surface area contributed by atoms with Gasteiger partial charge in [-0.2, -0.15) is 0 Å². The lowest BCUT2D eigenvalue weighted by molar-refractivity contribution is -0.229. The molecule has 0 aromatic heterocycles. The first-order chi connectivity index (χ1) is 15.9. The van der Waals surface area contributed by atoms with Crippen molar-refractivity contribution in [1.82, 2.24) is 0 Å². The third-order valence-electron chi connectivity index (χ3n) is 7.00. The third kappa shape index (κ3) is 13.1. The Morgan fingerprint density at radius 3 is 1.18 bits per heavy atom. The van der Waals surface area contributed by atoms with Crippen LogP contribution in [0.4, 0.5) is 0 Å². The minimum Gasteiger partial charge on any atom is -0.451 e. The Morgan fingerprint density at radius 1 is 0.576 bits per heavy atom. The maximum absolute atomic E-state index is 12.5. The highest BCUT2D eigenvalue weighted by atomic mass is 16.6. The van der Waals surface area contributed by atoms with Gasteiger partial charge in [0.05, 0.1) is 18.3 Å².